The van der Waals surface area contributed by atoms with Gasteiger partial charge in [0.2, 0.25) is 16.0 Å². The Labute approximate surface area is 213 Å². The van der Waals surface area contributed by atoms with Crippen molar-refractivity contribution in [3.63, 3.8) is 0 Å². The molecule has 0 fully saturated rings. The number of sulfonamides is 1. The number of nitrogens with zero attached hydrogens (tertiary/aromatic N) is 4. The first-order chi connectivity index (χ1) is 17.5. The number of benzene rings is 2. The van der Waals surface area contributed by atoms with Crippen LogP contribution in [0.1, 0.15) is 40.2 Å². The highest BCUT2D eigenvalue weighted by atomic mass is 32.2. The fraction of sp³-hybridized carbons (Fsp3) is 0.417. The molecule has 1 atom stereocenters. The Balaban J connectivity index is 1.86. The third kappa shape index (κ3) is 5.36. The van der Waals surface area contributed by atoms with Crippen LogP contribution in [0.25, 0.3) is 32.6 Å². The Bertz CT molecular complexity index is 1590. The number of rotatable bonds is 9. The van der Waals surface area contributed by atoms with Crippen LogP contribution in [0.4, 0.5) is 20.8 Å². The van der Waals surface area contributed by atoms with E-state index in [1.54, 1.807) is 37.0 Å². The number of nitrogens with one attached hydrogen (secondary N) is 3. The zero-order valence-corrected chi connectivity index (χ0v) is 22.1. The second-order valence-corrected chi connectivity index (χ2v) is 11.0. The summed E-state index contributed by atoms with van der Waals surface area (Å²) in [5, 5.41) is 12.3. The highest BCUT2D eigenvalue weighted by molar-refractivity contribution is 7.92. The van der Waals surface area contributed by atoms with Gasteiger partial charge in [-0.05, 0) is 38.6 Å². The average molecular weight is 532 g/mol. The van der Waals surface area contributed by atoms with Crippen molar-refractivity contribution in [2.24, 2.45) is 0 Å². The van der Waals surface area contributed by atoms with Crippen LogP contribution in [0.3, 0.4) is 0 Å². The van der Waals surface area contributed by atoms with Gasteiger partial charge in [0, 0.05) is 47.2 Å². The first-order valence-electron chi connectivity index (χ1n) is 11.9. The number of carbonyl (C=O) groups excluding carboxylic acids is 1. The molecule has 0 aliphatic heterocycles. The predicted octanol–water partition coefficient (Wildman–Crippen LogP) is 4.16. The summed E-state index contributed by atoms with van der Waals surface area (Å²) in [5.74, 6) is -0.492. The van der Waals surface area contributed by atoms with E-state index in [1.807, 2.05) is 13.8 Å². The highest BCUT2D eigenvalue weighted by Crippen LogP contribution is 2.37. The summed E-state index contributed by atoms with van der Waals surface area (Å²) in [4.78, 5) is 20.5. The molecule has 13 heteroatoms. The van der Waals surface area contributed by atoms with Gasteiger partial charge in [-0.2, -0.15) is 5.10 Å². The Morgan fingerprint density at radius 3 is 2.59 bits per heavy atom. The predicted molar refractivity (Wildman–Crippen MR) is 142 cm³/mol. The molecule has 2 heterocycles. The number of aromatic nitrogens is 4. The van der Waals surface area contributed by atoms with Gasteiger partial charge in [-0.25, -0.2) is 27.6 Å². The number of hydrogen-bond acceptors (Lipinski definition) is 8. The van der Waals surface area contributed by atoms with Crippen LogP contribution in [0.5, 0.6) is 0 Å². The van der Waals surface area contributed by atoms with Gasteiger partial charge in [0.05, 0.1) is 24.1 Å². The molecule has 0 saturated heterocycles. The monoisotopic (exact) mass is 531 g/mol. The van der Waals surface area contributed by atoms with Crippen molar-refractivity contribution in [2.45, 2.75) is 46.2 Å². The maximum Gasteiger partial charge on any atom is 0.407 e. The number of anilines is 2. The van der Waals surface area contributed by atoms with E-state index in [0.29, 0.717) is 46.1 Å². The molecule has 0 aliphatic rings. The first kappa shape index (κ1) is 26.3. The second kappa shape index (κ2) is 10.3. The van der Waals surface area contributed by atoms with E-state index in [4.69, 9.17) is 0 Å². The Hall–Kier alpha value is -3.74. The highest BCUT2D eigenvalue weighted by Gasteiger charge is 2.22. The van der Waals surface area contributed by atoms with E-state index in [2.05, 4.69) is 35.2 Å². The van der Waals surface area contributed by atoms with Gasteiger partial charge in [0.25, 0.3) is 0 Å². The zero-order chi connectivity index (χ0) is 26.9. The second-order valence-electron chi connectivity index (χ2n) is 9.11. The maximum absolute atomic E-state index is 15.9. The van der Waals surface area contributed by atoms with Crippen molar-refractivity contribution in [2.75, 3.05) is 29.4 Å². The van der Waals surface area contributed by atoms with Crippen LogP contribution in [0, 0.1) is 5.82 Å². The van der Waals surface area contributed by atoms with Crippen molar-refractivity contribution in [1.82, 2.24) is 25.1 Å². The van der Waals surface area contributed by atoms with Gasteiger partial charge < -0.3 is 15.4 Å². The molecular formula is C24H30FN7O4S. The molecule has 0 spiro atoms. The van der Waals surface area contributed by atoms with E-state index in [9.17, 15) is 13.2 Å². The Kier molecular flexibility index (Phi) is 7.35. The molecule has 0 aliphatic carbocycles. The number of methoxy groups -OCH3 is 1. The lowest BCUT2D eigenvalue weighted by Crippen LogP contribution is -2.37. The third-order valence-electron chi connectivity index (χ3n) is 5.83. The van der Waals surface area contributed by atoms with Crippen LogP contribution in [0.2, 0.25) is 0 Å². The number of carbonyl (C=O) groups is 1. The summed E-state index contributed by atoms with van der Waals surface area (Å²) in [7, 11) is -2.40. The van der Waals surface area contributed by atoms with Crippen LogP contribution in [-0.4, -0.2) is 59.7 Å². The average Bonchev–Trinajstić information content (AvgIpc) is 3.30. The summed E-state index contributed by atoms with van der Waals surface area (Å²) in [6.45, 7) is 7.80. The molecule has 1 amide bonds. The first-order valence-corrected chi connectivity index (χ1v) is 13.6. The van der Waals surface area contributed by atoms with Gasteiger partial charge in [-0.1, -0.05) is 13.0 Å². The van der Waals surface area contributed by atoms with Crippen LogP contribution >= 0.6 is 0 Å². The van der Waals surface area contributed by atoms with Crippen molar-refractivity contribution in [1.29, 1.82) is 0 Å². The zero-order valence-electron chi connectivity index (χ0n) is 21.3. The largest absolute Gasteiger partial charge is 0.453 e. The molecule has 2 aromatic heterocycles. The van der Waals surface area contributed by atoms with E-state index in [1.165, 1.54) is 13.2 Å². The molecule has 4 aromatic rings. The summed E-state index contributed by atoms with van der Waals surface area (Å²) in [6.07, 6.45) is 3.26. The van der Waals surface area contributed by atoms with Crippen LogP contribution in [0.15, 0.2) is 24.5 Å². The minimum atomic E-state index is -3.69. The maximum atomic E-state index is 15.9. The molecule has 37 heavy (non-hydrogen) atoms. The summed E-state index contributed by atoms with van der Waals surface area (Å²) in [6, 6.07) is 2.80. The molecule has 1 unspecified atom stereocenters. The Morgan fingerprint density at radius 1 is 1.16 bits per heavy atom. The van der Waals surface area contributed by atoms with E-state index in [0.717, 1.165) is 0 Å². The van der Waals surface area contributed by atoms with E-state index < -0.39 is 21.9 Å². The topological polar surface area (TPSA) is 140 Å². The van der Waals surface area contributed by atoms with Gasteiger partial charge in [-0.15, -0.1) is 0 Å². The molecule has 0 radical (unpaired) electrons. The Morgan fingerprint density at radius 2 is 1.92 bits per heavy atom. The van der Waals surface area contributed by atoms with Crippen LogP contribution < -0.4 is 15.4 Å². The lowest BCUT2D eigenvalue weighted by Gasteiger charge is -2.14. The fourth-order valence-electron chi connectivity index (χ4n) is 4.04. The van der Waals surface area contributed by atoms with Gasteiger partial charge in [0.15, 0.2) is 5.82 Å². The normalized spacial score (nSPS) is 12.8. The minimum Gasteiger partial charge on any atom is -0.453 e. The number of hydrogen-bond donors (Lipinski definition) is 3. The molecular weight excluding hydrogens is 501 g/mol. The molecule has 4 rings (SSSR count). The van der Waals surface area contributed by atoms with Crippen molar-refractivity contribution in [3.8, 4) is 0 Å². The molecule has 0 saturated carbocycles. The number of halogens is 1. The molecule has 0 bridgehead atoms. The number of ether oxygens (including phenoxy) is 1. The van der Waals surface area contributed by atoms with E-state index in [-0.39, 0.29) is 28.9 Å². The van der Waals surface area contributed by atoms with Crippen molar-refractivity contribution < 1.29 is 22.3 Å². The van der Waals surface area contributed by atoms with Gasteiger partial charge in [0.1, 0.15) is 5.52 Å². The lowest BCUT2D eigenvalue weighted by atomic mass is 10.0. The summed E-state index contributed by atoms with van der Waals surface area (Å²) >= 11 is 0. The summed E-state index contributed by atoms with van der Waals surface area (Å²) in [5.41, 5.74) is 0.807. The van der Waals surface area contributed by atoms with E-state index >= 15 is 4.39 Å². The number of alkyl carbamates (subject to hydrolysis) is 1. The quantitative estimate of drug-likeness (QED) is 0.274. The van der Waals surface area contributed by atoms with Crippen LogP contribution in [-0.2, 0) is 14.8 Å². The molecule has 198 valence electrons. The molecule has 3 N–H and O–H groups in total. The minimum absolute atomic E-state index is 0.00326. The lowest BCUT2D eigenvalue weighted by molar-refractivity contribution is 0.168. The number of fused-ring (bicyclic) bond motifs is 6. The fourth-order valence-corrected chi connectivity index (χ4v) is 5.17. The smallest absolute Gasteiger partial charge is 0.407 e. The van der Waals surface area contributed by atoms with Gasteiger partial charge >= 0.3 is 6.09 Å². The molecule has 2 aromatic carbocycles. The SMILES string of the molecule is CCCS(=O)(=O)Nc1ccc2c3cnc(NCC(C)NC(=O)OC)nc3c3cn(C(C)C)nc3c2c1F. The van der Waals surface area contributed by atoms with Crippen molar-refractivity contribution in [3.05, 3.63) is 30.3 Å². The molecule has 11 nitrogen and oxygen atoms in total. The van der Waals surface area contributed by atoms with Crippen molar-refractivity contribution >= 4 is 60.3 Å². The summed E-state index contributed by atoms with van der Waals surface area (Å²) < 4.78 is 49.2. The standard InChI is InChI=1S/C24H30FN7O4S/c1-6-9-37(34,35)31-18-8-7-15-16-11-27-23(26-10-14(4)28-24(33)36-5)29-21(16)17-12-32(13(2)3)30-22(17)19(15)20(18)25/h7-8,11-14,31H,6,9-10H2,1-5H3,(H,28,33)(H,26,27,29). The van der Waals surface area contributed by atoms with Gasteiger partial charge in [-0.3, -0.25) is 9.40 Å². The number of amides is 1. The third-order valence-corrected chi connectivity index (χ3v) is 7.30.